The number of carbonyl (C=O) groups is 1. The maximum atomic E-state index is 15.0. The standard InChI is InChI=1S/C20H14ClFN4O3S/c1-30(28,29)16-2-3-24-8-15(16)13-4-10-6-17(25-9-14(10)18(21)19(13)22)26-20(27)12-5-11(12)7-23/h2-4,6,8-9,11-12H,5H2,1H3,(H,25,26,27). The number of rotatable bonds is 4. The van der Waals surface area contributed by atoms with Crippen LogP contribution < -0.4 is 5.32 Å². The van der Waals surface area contributed by atoms with Crippen molar-refractivity contribution in [2.75, 3.05) is 11.6 Å². The summed E-state index contributed by atoms with van der Waals surface area (Å²) in [7, 11) is -3.64. The number of fused-ring (bicyclic) bond motifs is 1. The van der Waals surface area contributed by atoms with Crippen molar-refractivity contribution in [2.24, 2.45) is 11.8 Å². The number of nitrogens with zero attached hydrogens (tertiary/aromatic N) is 3. The van der Waals surface area contributed by atoms with E-state index in [1.807, 2.05) is 6.07 Å². The normalized spacial score (nSPS) is 18.1. The van der Waals surface area contributed by atoms with E-state index in [4.69, 9.17) is 16.9 Å². The SMILES string of the molecule is CS(=O)(=O)c1ccncc1-c1cc2cc(NC(=O)C3CC3C#N)ncc2c(Cl)c1F. The molecule has 0 radical (unpaired) electrons. The second kappa shape index (κ2) is 7.31. The number of carbonyl (C=O) groups excluding carboxylic acids is 1. The molecule has 2 heterocycles. The van der Waals surface area contributed by atoms with Crippen LogP contribution in [0, 0.1) is 29.0 Å². The zero-order valence-electron chi connectivity index (χ0n) is 15.6. The molecule has 0 bridgehead atoms. The van der Waals surface area contributed by atoms with Gasteiger partial charge in [-0.05, 0) is 30.0 Å². The number of sulfone groups is 1. The first-order valence-corrected chi connectivity index (χ1v) is 11.1. The number of nitrogens with one attached hydrogen (secondary N) is 1. The highest BCUT2D eigenvalue weighted by Gasteiger charge is 2.43. The zero-order chi connectivity index (χ0) is 21.6. The van der Waals surface area contributed by atoms with Gasteiger partial charge in [0, 0.05) is 41.4 Å². The van der Waals surface area contributed by atoms with Gasteiger partial charge in [0.25, 0.3) is 0 Å². The Balaban J connectivity index is 1.80. The first kappa shape index (κ1) is 20.2. The van der Waals surface area contributed by atoms with Crippen LogP contribution in [0.3, 0.4) is 0 Å². The van der Waals surface area contributed by atoms with E-state index < -0.39 is 15.7 Å². The molecule has 7 nitrogen and oxygen atoms in total. The highest BCUT2D eigenvalue weighted by Crippen LogP contribution is 2.39. The number of hydrogen-bond donors (Lipinski definition) is 1. The molecule has 0 saturated heterocycles. The van der Waals surface area contributed by atoms with Crippen molar-refractivity contribution in [3.05, 3.63) is 47.6 Å². The van der Waals surface area contributed by atoms with Gasteiger partial charge in [0.1, 0.15) is 11.6 Å². The number of hydrogen-bond acceptors (Lipinski definition) is 6. The van der Waals surface area contributed by atoms with E-state index in [2.05, 4.69) is 15.3 Å². The number of benzene rings is 1. The number of halogens is 2. The van der Waals surface area contributed by atoms with Gasteiger partial charge in [-0.15, -0.1) is 0 Å². The maximum Gasteiger partial charge on any atom is 0.230 e. The van der Waals surface area contributed by atoms with Gasteiger partial charge in [-0.2, -0.15) is 5.26 Å². The average molecular weight is 445 g/mol. The van der Waals surface area contributed by atoms with Gasteiger partial charge in [-0.25, -0.2) is 17.8 Å². The molecule has 1 aliphatic carbocycles. The van der Waals surface area contributed by atoms with Crippen LogP contribution in [0.2, 0.25) is 5.02 Å². The Kier molecular flexibility index (Phi) is 4.92. The molecule has 2 atom stereocenters. The smallest absolute Gasteiger partial charge is 0.230 e. The molecule has 10 heteroatoms. The average Bonchev–Trinajstić information content (AvgIpc) is 3.50. The summed E-state index contributed by atoms with van der Waals surface area (Å²) in [6, 6.07) is 6.30. The lowest BCUT2D eigenvalue weighted by molar-refractivity contribution is -0.117. The van der Waals surface area contributed by atoms with Gasteiger partial charge in [0.05, 0.1) is 27.8 Å². The van der Waals surface area contributed by atoms with Crippen LogP contribution in [-0.4, -0.2) is 30.5 Å². The summed E-state index contributed by atoms with van der Waals surface area (Å²) in [6.45, 7) is 0. The monoisotopic (exact) mass is 444 g/mol. The van der Waals surface area contributed by atoms with Crippen LogP contribution in [-0.2, 0) is 14.6 Å². The lowest BCUT2D eigenvalue weighted by Crippen LogP contribution is -2.15. The Bertz CT molecular complexity index is 1350. The number of aromatic nitrogens is 2. The van der Waals surface area contributed by atoms with Gasteiger partial charge < -0.3 is 5.32 Å². The third-order valence-corrected chi connectivity index (χ3v) is 6.44. The summed E-state index contributed by atoms with van der Waals surface area (Å²) in [6.07, 6.45) is 5.43. The van der Waals surface area contributed by atoms with Crippen molar-refractivity contribution in [1.82, 2.24) is 9.97 Å². The molecule has 2 unspecified atom stereocenters. The summed E-state index contributed by atoms with van der Waals surface area (Å²) in [5, 5.41) is 12.1. The first-order valence-electron chi connectivity index (χ1n) is 8.83. The molecule has 4 rings (SSSR count). The van der Waals surface area contributed by atoms with Crippen molar-refractivity contribution < 1.29 is 17.6 Å². The lowest BCUT2D eigenvalue weighted by atomic mass is 10.0. The number of pyridine rings is 2. The molecule has 3 aromatic rings. The molecule has 1 aliphatic rings. The van der Waals surface area contributed by atoms with E-state index in [9.17, 15) is 13.2 Å². The number of anilines is 1. The molecule has 30 heavy (non-hydrogen) atoms. The van der Waals surface area contributed by atoms with E-state index in [1.54, 1.807) is 0 Å². The molecule has 0 spiro atoms. The van der Waals surface area contributed by atoms with Crippen molar-refractivity contribution in [3.63, 3.8) is 0 Å². The molecular formula is C20H14ClFN4O3S. The maximum absolute atomic E-state index is 15.0. The van der Waals surface area contributed by atoms with Gasteiger partial charge in [0.15, 0.2) is 9.84 Å². The Morgan fingerprint density at radius 2 is 2.10 bits per heavy atom. The van der Waals surface area contributed by atoms with E-state index in [0.29, 0.717) is 17.2 Å². The molecule has 0 aliphatic heterocycles. The van der Waals surface area contributed by atoms with Crippen molar-refractivity contribution in [3.8, 4) is 17.2 Å². The minimum Gasteiger partial charge on any atom is -0.310 e. The molecule has 2 aromatic heterocycles. The summed E-state index contributed by atoms with van der Waals surface area (Å²) in [5.74, 6) is -1.55. The second-order valence-electron chi connectivity index (χ2n) is 7.05. The van der Waals surface area contributed by atoms with Gasteiger partial charge >= 0.3 is 0 Å². The fraction of sp³-hybridized carbons (Fsp3) is 0.200. The fourth-order valence-electron chi connectivity index (χ4n) is 3.25. The molecule has 1 fully saturated rings. The van der Waals surface area contributed by atoms with Crippen LogP contribution in [0.1, 0.15) is 6.42 Å². The minimum atomic E-state index is -3.64. The Labute approximate surface area is 176 Å². The van der Waals surface area contributed by atoms with E-state index in [0.717, 1.165) is 6.26 Å². The van der Waals surface area contributed by atoms with Gasteiger partial charge in [-0.1, -0.05) is 11.6 Å². The summed E-state index contributed by atoms with van der Waals surface area (Å²) < 4.78 is 39.2. The van der Waals surface area contributed by atoms with E-state index in [-0.39, 0.29) is 44.6 Å². The van der Waals surface area contributed by atoms with E-state index >= 15 is 4.39 Å². The van der Waals surface area contributed by atoms with Gasteiger partial charge in [0.2, 0.25) is 5.91 Å². The van der Waals surface area contributed by atoms with Crippen LogP contribution >= 0.6 is 11.6 Å². The molecule has 1 N–H and O–H groups in total. The topological polar surface area (TPSA) is 113 Å². The number of nitriles is 1. The van der Waals surface area contributed by atoms with Crippen molar-refractivity contribution >= 4 is 43.9 Å². The van der Waals surface area contributed by atoms with Crippen LogP contribution in [0.15, 0.2) is 41.7 Å². The van der Waals surface area contributed by atoms with Crippen LogP contribution in [0.5, 0.6) is 0 Å². The minimum absolute atomic E-state index is 0.0313. The predicted molar refractivity (Wildman–Crippen MR) is 109 cm³/mol. The molecule has 1 amide bonds. The largest absolute Gasteiger partial charge is 0.310 e. The van der Waals surface area contributed by atoms with Crippen LogP contribution in [0.25, 0.3) is 21.9 Å². The first-order chi connectivity index (χ1) is 14.2. The third kappa shape index (κ3) is 3.60. The zero-order valence-corrected chi connectivity index (χ0v) is 17.1. The Morgan fingerprint density at radius 1 is 1.33 bits per heavy atom. The lowest BCUT2D eigenvalue weighted by Gasteiger charge is -2.12. The van der Waals surface area contributed by atoms with Gasteiger partial charge in [-0.3, -0.25) is 9.78 Å². The van der Waals surface area contributed by atoms with Crippen molar-refractivity contribution in [2.45, 2.75) is 11.3 Å². The Hall–Kier alpha value is -3.09. The molecular weight excluding hydrogens is 431 g/mol. The quantitative estimate of drug-likeness (QED) is 0.657. The summed E-state index contributed by atoms with van der Waals surface area (Å²) >= 11 is 6.20. The molecule has 1 aromatic carbocycles. The fourth-order valence-corrected chi connectivity index (χ4v) is 4.38. The summed E-state index contributed by atoms with van der Waals surface area (Å²) in [4.78, 5) is 20.1. The van der Waals surface area contributed by atoms with Crippen molar-refractivity contribution in [1.29, 1.82) is 5.26 Å². The highest BCUT2D eigenvalue weighted by atomic mass is 35.5. The van der Waals surface area contributed by atoms with Crippen LogP contribution in [0.4, 0.5) is 10.2 Å². The summed E-state index contributed by atoms with van der Waals surface area (Å²) in [5.41, 5.74) is 0.0507. The Morgan fingerprint density at radius 3 is 2.77 bits per heavy atom. The second-order valence-corrected chi connectivity index (χ2v) is 9.42. The molecule has 152 valence electrons. The highest BCUT2D eigenvalue weighted by molar-refractivity contribution is 7.90. The third-order valence-electron chi connectivity index (χ3n) is 4.92. The number of amides is 1. The van der Waals surface area contributed by atoms with E-state index in [1.165, 1.54) is 36.8 Å². The molecule has 1 saturated carbocycles. The predicted octanol–water partition coefficient (Wildman–Crippen LogP) is 3.59.